The summed E-state index contributed by atoms with van der Waals surface area (Å²) in [6, 6.07) is 3.35. The molecule has 3 nitrogen and oxygen atoms in total. The number of nitrogens with zero attached hydrogens (tertiary/aromatic N) is 1. The number of aryl methyl sites for hydroxylation is 1. The van der Waals surface area contributed by atoms with Crippen molar-refractivity contribution in [1.82, 2.24) is 0 Å². The number of rotatable bonds is 3. The molecule has 0 amide bonds. The van der Waals surface area contributed by atoms with Crippen LogP contribution in [0.15, 0.2) is 17.2 Å². The van der Waals surface area contributed by atoms with Crippen molar-refractivity contribution in [2.24, 2.45) is 5.11 Å². The minimum absolute atomic E-state index is 0.0734. The molecule has 0 atom stereocenters. The molecule has 1 rings (SSSR count). The van der Waals surface area contributed by atoms with Gasteiger partial charge in [-0.3, -0.25) is 0 Å². The molecule has 14 heavy (non-hydrogen) atoms. The Labute approximate surface area is 82.8 Å². The maximum Gasteiger partial charge on any atom is 0.153 e. The highest BCUT2D eigenvalue weighted by molar-refractivity contribution is 5.67. The van der Waals surface area contributed by atoms with E-state index in [2.05, 4.69) is 10.4 Å². The van der Waals surface area contributed by atoms with Crippen molar-refractivity contribution in [1.29, 1.82) is 5.53 Å². The van der Waals surface area contributed by atoms with E-state index in [1.807, 2.05) is 20.8 Å². The summed E-state index contributed by atoms with van der Waals surface area (Å²) in [5.41, 5.74) is 8.35. The molecular weight excluding hydrogens is 181 g/mol. The molecule has 0 bridgehead atoms. The van der Waals surface area contributed by atoms with Crippen LogP contribution in [-0.4, -0.2) is 6.04 Å². The van der Waals surface area contributed by atoms with Crippen molar-refractivity contribution >= 4 is 11.4 Å². The zero-order valence-electron chi connectivity index (χ0n) is 8.56. The number of benzene rings is 1. The zero-order chi connectivity index (χ0) is 10.7. The number of halogens is 1. The first-order chi connectivity index (χ1) is 6.54. The van der Waals surface area contributed by atoms with Crippen LogP contribution in [-0.2, 0) is 0 Å². The van der Waals surface area contributed by atoms with Gasteiger partial charge < -0.3 is 5.32 Å². The van der Waals surface area contributed by atoms with Crippen LogP contribution < -0.4 is 5.32 Å². The highest BCUT2D eigenvalue weighted by Crippen LogP contribution is 2.29. The van der Waals surface area contributed by atoms with Crippen molar-refractivity contribution < 1.29 is 4.39 Å². The van der Waals surface area contributed by atoms with E-state index in [1.54, 1.807) is 6.07 Å². The largest absolute Gasteiger partial charge is 0.381 e. The Bertz CT molecular complexity index is 347. The Hall–Kier alpha value is -1.45. The number of hydrogen-bond donors (Lipinski definition) is 2. The molecule has 0 aliphatic heterocycles. The average molecular weight is 195 g/mol. The Morgan fingerprint density at radius 1 is 1.43 bits per heavy atom. The summed E-state index contributed by atoms with van der Waals surface area (Å²) in [5.74, 6) is -0.455. The Kier molecular flexibility index (Phi) is 3.17. The second-order valence-electron chi connectivity index (χ2n) is 3.55. The lowest BCUT2D eigenvalue weighted by Crippen LogP contribution is -2.10. The smallest absolute Gasteiger partial charge is 0.153 e. The van der Waals surface area contributed by atoms with Gasteiger partial charge in [-0.2, -0.15) is 5.11 Å². The van der Waals surface area contributed by atoms with E-state index in [1.165, 1.54) is 6.07 Å². The summed E-state index contributed by atoms with van der Waals surface area (Å²) in [6.07, 6.45) is 0. The maximum atomic E-state index is 13.3. The molecule has 4 heteroatoms. The molecule has 0 aromatic heterocycles. The van der Waals surface area contributed by atoms with Crippen LogP contribution in [0.5, 0.6) is 0 Å². The minimum atomic E-state index is -0.455. The third kappa shape index (κ3) is 2.28. The predicted octanol–water partition coefficient (Wildman–Crippen LogP) is 3.62. The summed E-state index contributed by atoms with van der Waals surface area (Å²) in [5, 5.41) is 6.23. The van der Waals surface area contributed by atoms with Crippen LogP contribution in [0, 0.1) is 18.3 Å². The summed E-state index contributed by atoms with van der Waals surface area (Å²) < 4.78 is 13.3. The first-order valence-corrected chi connectivity index (χ1v) is 4.48. The molecule has 0 aliphatic carbocycles. The van der Waals surface area contributed by atoms with E-state index in [0.29, 0.717) is 5.69 Å². The molecular formula is C10H14FN3. The molecule has 76 valence electrons. The first kappa shape index (κ1) is 10.6. The molecule has 0 spiro atoms. The van der Waals surface area contributed by atoms with Gasteiger partial charge in [0.2, 0.25) is 0 Å². The van der Waals surface area contributed by atoms with Crippen molar-refractivity contribution in [2.75, 3.05) is 5.32 Å². The Balaban J connectivity index is 3.17. The fourth-order valence-corrected chi connectivity index (χ4v) is 1.27. The topological polar surface area (TPSA) is 48.2 Å². The molecule has 2 N–H and O–H groups in total. The van der Waals surface area contributed by atoms with Gasteiger partial charge in [-0.25, -0.2) is 9.92 Å². The van der Waals surface area contributed by atoms with Crippen molar-refractivity contribution in [3.05, 3.63) is 23.5 Å². The fraction of sp³-hybridized carbons (Fsp3) is 0.400. The fourth-order valence-electron chi connectivity index (χ4n) is 1.27. The average Bonchev–Trinajstić information content (AvgIpc) is 2.01. The van der Waals surface area contributed by atoms with Crippen molar-refractivity contribution in [3.8, 4) is 0 Å². The number of nitrogens with one attached hydrogen (secondary N) is 2. The third-order valence-electron chi connectivity index (χ3n) is 1.76. The quantitative estimate of drug-likeness (QED) is 0.711. The minimum Gasteiger partial charge on any atom is -0.381 e. The van der Waals surface area contributed by atoms with Crippen LogP contribution in [0.3, 0.4) is 0 Å². The van der Waals surface area contributed by atoms with Crippen LogP contribution in [0.2, 0.25) is 0 Å². The SMILES string of the molecule is Cc1cc(F)c(N=N)c(NC(C)C)c1. The highest BCUT2D eigenvalue weighted by Gasteiger charge is 2.09. The van der Waals surface area contributed by atoms with Crippen molar-refractivity contribution in [3.63, 3.8) is 0 Å². The van der Waals surface area contributed by atoms with Gasteiger partial charge in [0, 0.05) is 6.04 Å². The molecule has 0 radical (unpaired) electrons. The predicted molar refractivity (Wildman–Crippen MR) is 54.7 cm³/mol. The van der Waals surface area contributed by atoms with Crippen molar-refractivity contribution in [2.45, 2.75) is 26.8 Å². The van der Waals surface area contributed by atoms with E-state index in [-0.39, 0.29) is 11.7 Å². The summed E-state index contributed by atoms with van der Waals surface area (Å²) in [6.45, 7) is 5.71. The van der Waals surface area contributed by atoms with Gasteiger partial charge >= 0.3 is 0 Å². The van der Waals surface area contributed by atoms with Gasteiger partial charge in [-0.15, -0.1) is 0 Å². The van der Waals surface area contributed by atoms with Gasteiger partial charge in [-0.05, 0) is 38.5 Å². The molecule has 0 aliphatic rings. The number of hydrogen-bond acceptors (Lipinski definition) is 3. The zero-order valence-corrected chi connectivity index (χ0v) is 8.56. The summed E-state index contributed by atoms with van der Waals surface area (Å²) in [4.78, 5) is 0. The summed E-state index contributed by atoms with van der Waals surface area (Å²) >= 11 is 0. The van der Waals surface area contributed by atoms with Gasteiger partial charge in [0.1, 0.15) is 5.69 Å². The van der Waals surface area contributed by atoms with E-state index in [4.69, 9.17) is 5.53 Å². The Morgan fingerprint density at radius 3 is 2.57 bits per heavy atom. The number of anilines is 1. The second-order valence-corrected chi connectivity index (χ2v) is 3.55. The van der Waals surface area contributed by atoms with Crippen LogP contribution in [0.4, 0.5) is 15.8 Å². The molecule has 0 saturated carbocycles. The second kappa shape index (κ2) is 4.17. The lowest BCUT2D eigenvalue weighted by atomic mass is 10.1. The van der Waals surface area contributed by atoms with E-state index in [0.717, 1.165) is 5.56 Å². The van der Waals surface area contributed by atoms with Crippen LogP contribution in [0.25, 0.3) is 0 Å². The van der Waals surface area contributed by atoms with E-state index >= 15 is 0 Å². The van der Waals surface area contributed by atoms with Gasteiger partial charge in [0.15, 0.2) is 5.82 Å². The molecule has 0 fully saturated rings. The van der Waals surface area contributed by atoms with E-state index in [9.17, 15) is 4.39 Å². The highest BCUT2D eigenvalue weighted by atomic mass is 19.1. The molecule has 1 aromatic carbocycles. The Morgan fingerprint density at radius 2 is 2.07 bits per heavy atom. The lowest BCUT2D eigenvalue weighted by molar-refractivity contribution is 0.626. The standard InChI is InChI=1S/C10H14FN3/c1-6(2)13-9-5-7(3)4-8(11)10(9)14-12/h4-6,12-13H,1-3H3. The van der Waals surface area contributed by atoms with Gasteiger partial charge in [0.25, 0.3) is 0 Å². The van der Waals surface area contributed by atoms with Crippen LogP contribution >= 0.6 is 0 Å². The monoisotopic (exact) mass is 195 g/mol. The maximum absolute atomic E-state index is 13.3. The lowest BCUT2D eigenvalue weighted by Gasteiger charge is -2.13. The summed E-state index contributed by atoms with van der Waals surface area (Å²) in [7, 11) is 0. The molecule has 0 saturated heterocycles. The van der Waals surface area contributed by atoms with Gasteiger partial charge in [0.05, 0.1) is 5.69 Å². The third-order valence-corrected chi connectivity index (χ3v) is 1.76. The van der Waals surface area contributed by atoms with E-state index < -0.39 is 5.82 Å². The molecule has 1 aromatic rings. The normalized spacial score (nSPS) is 10.4. The molecule has 0 unspecified atom stereocenters. The first-order valence-electron chi connectivity index (χ1n) is 4.48. The molecule has 0 heterocycles. The van der Waals surface area contributed by atoms with Crippen LogP contribution in [0.1, 0.15) is 19.4 Å². The van der Waals surface area contributed by atoms with Gasteiger partial charge in [-0.1, -0.05) is 0 Å².